The van der Waals surface area contributed by atoms with Crippen LogP contribution in [-0.2, 0) is 13.0 Å². The second-order valence-corrected chi connectivity index (χ2v) is 8.39. The van der Waals surface area contributed by atoms with E-state index < -0.39 is 0 Å². The van der Waals surface area contributed by atoms with Crippen LogP contribution in [0.3, 0.4) is 0 Å². The summed E-state index contributed by atoms with van der Waals surface area (Å²) in [5, 5.41) is 0. The zero-order valence-corrected chi connectivity index (χ0v) is 18.4. The average Bonchev–Trinajstić information content (AvgIpc) is 3.22. The zero-order chi connectivity index (χ0) is 21.5. The Labute approximate surface area is 183 Å². The topological polar surface area (TPSA) is 35.6 Å². The van der Waals surface area contributed by atoms with Gasteiger partial charge in [-0.2, -0.15) is 0 Å². The monoisotopic (exact) mass is 412 g/mol. The number of aryl methyl sites for hydroxylation is 3. The van der Waals surface area contributed by atoms with Crippen molar-refractivity contribution in [2.24, 2.45) is 0 Å². The van der Waals surface area contributed by atoms with Gasteiger partial charge in [0.15, 0.2) is 5.78 Å². The van der Waals surface area contributed by atoms with Crippen LogP contribution in [-0.4, -0.2) is 21.9 Å². The Morgan fingerprint density at radius 2 is 1.71 bits per heavy atom. The van der Waals surface area contributed by atoms with E-state index in [4.69, 9.17) is 4.74 Å². The summed E-state index contributed by atoms with van der Waals surface area (Å²) in [4.78, 5) is 13.2. The predicted octanol–water partition coefficient (Wildman–Crippen LogP) is 6.32. The normalized spacial score (nSPS) is 13.4. The lowest BCUT2D eigenvalue weighted by Gasteiger charge is -2.10. The van der Waals surface area contributed by atoms with Crippen molar-refractivity contribution < 1.29 is 9.53 Å². The molecule has 3 heterocycles. The number of aromatic nitrogens is 2. The summed E-state index contributed by atoms with van der Waals surface area (Å²) in [5.74, 6) is 1.04. The SMILES string of the molecule is CCC(=O)c1c(-c2ccc(C)cc2)c2c3n(c(-c4ccc(OC)cc4)cn13)CCCC2. The van der Waals surface area contributed by atoms with Gasteiger partial charge >= 0.3 is 0 Å². The number of methoxy groups -OCH3 is 1. The molecule has 0 bridgehead atoms. The Morgan fingerprint density at radius 3 is 2.39 bits per heavy atom. The van der Waals surface area contributed by atoms with Crippen molar-refractivity contribution in [1.82, 2.24) is 8.97 Å². The molecule has 31 heavy (non-hydrogen) atoms. The van der Waals surface area contributed by atoms with Gasteiger partial charge in [0.25, 0.3) is 0 Å². The molecule has 2 aromatic carbocycles. The van der Waals surface area contributed by atoms with Crippen LogP contribution in [0.15, 0.2) is 54.7 Å². The lowest BCUT2D eigenvalue weighted by atomic mass is 9.95. The van der Waals surface area contributed by atoms with Gasteiger partial charge in [0.1, 0.15) is 11.4 Å². The lowest BCUT2D eigenvalue weighted by molar-refractivity contribution is 0.0983. The van der Waals surface area contributed by atoms with Crippen LogP contribution in [0.4, 0.5) is 0 Å². The number of hydrogen-bond donors (Lipinski definition) is 0. The molecule has 0 fully saturated rings. The predicted molar refractivity (Wildman–Crippen MR) is 125 cm³/mol. The lowest BCUT2D eigenvalue weighted by Crippen LogP contribution is -2.03. The highest BCUT2D eigenvalue weighted by atomic mass is 16.5. The molecule has 2 aromatic heterocycles. The molecule has 1 aliphatic heterocycles. The fourth-order valence-electron chi connectivity index (χ4n) is 4.85. The molecule has 0 saturated carbocycles. The van der Waals surface area contributed by atoms with Crippen molar-refractivity contribution in [2.75, 3.05) is 7.11 Å². The fraction of sp³-hybridized carbons (Fsp3) is 0.296. The van der Waals surface area contributed by atoms with Gasteiger partial charge in [0.05, 0.1) is 18.5 Å². The Kier molecular flexibility index (Phi) is 4.93. The third-order valence-electron chi connectivity index (χ3n) is 6.45. The largest absolute Gasteiger partial charge is 0.497 e. The van der Waals surface area contributed by atoms with Crippen LogP contribution >= 0.6 is 0 Å². The summed E-state index contributed by atoms with van der Waals surface area (Å²) in [5.41, 5.74) is 9.10. The van der Waals surface area contributed by atoms with E-state index in [-0.39, 0.29) is 5.78 Å². The summed E-state index contributed by atoms with van der Waals surface area (Å²) < 4.78 is 9.92. The first kappa shape index (κ1) is 19.7. The van der Waals surface area contributed by atoms with Crippen LogP contribution < -0.4 is 4.74 Å². The number of hydrogen-bond acceptors (Lipinski definition) is 2. The molecular weight excluding hydrogens is 384 g/mol. The minimum Gasteiger partial charge on any atom is -0.497 e. The van der Waals surface area contributed by atoms with Crippen LogP contribution in [0.25, 0.3) is 28.0 Å². The zero-order valence-electron chi connectivity index (χ0n) is 18.4. The minimum absolute atomic E-state index is 0.191. The number of ether oxygens (including phenoxy) is 1. The van der Waals surface area contributed by atoms with Gasteiger partial charge in [-0.25, -0.2) is 0 Å². The highest BCUT2D eigenvalue weighted by Gasteiger charge is 2.28. The van der Waals surface area contributed by atoms with Crippen LogP contribution in [0.2, 0.25) is 0 Å². The van der Waals surface area contributed by atoms with E-state index in [1.807, 2.05) is 19.1 Å². The molecule has 0 unspecified atom stereocenters. The number of carbonyl (C=O) groups excluding carboxylic acids is 1. The highest BCUT2D eigenvalue weighted by Crippen LogP contribution is 2.40. The second kappa shape index (κ2) is 7.77. The average molecular weight is 413 g/mol. The van der Waals surface area contributed by atoms with Crippen molar-refractivity contribution in [3.8, 4) is 28.1 Å². The first-order chi connectivity index (χ1) is 15.1. The summed E-state index contributed by atoms with van der Waals surface area (Å²) in [6, 6.07) is 16.8. The Balaban J connectivity index is 1.81. The maximum atomic E-state index is 13.2. The number of benzene rings is 2. The fourth-order valence-corrected chi connectivity index (χ4v) is 4.85. The Bertz CT molecular complexity index is 1260. The maximum Gasteiger partial charge on any atom is 0.179 e. The summed E-state index contributed by atoms with van der Waals surface area (Å²) in [7, 11) is 1.69. The molecular formula is C27H28N2O2. The Morgan fingerprint density at radius 1 is 1.00 bits per heavy atom. The van der Waals surface area contributed by atoms with Crippen LogP contribution in [0.5, 0.6) is 5.75 Å². The van der Waals surface area contributed by atoms with Gasteiger partial charge in [-0.05, 0) is 61.6 Å². The van der Waals surface area contributed by atoms with Gasteiger partial charge in [-0.15, -0.1) is 0 Å². The van der Waals surface area contributed by atoms with Crippen molar-refractivity contribution >= 4 is 11.4 Å². The number of ketones is 1. The van der Waals surface area contributed by atoms with Crippen LogP contribution in [0, 0.1) is 6.92 Å². The molecule has 0 N–H and O–H groups in total. The highest BCUT2D eigenvalue weighted by molar-refractivity contribution is 6.04. The third kappa shape index (κ3) is 3.18. The molecule has 158 valence electrons. The van der Waals surface area contributed by atoms with Crippen molar-refractivity contribution in [3.63, 3.8) is 0 Å². The number of imidazole rings is 1. The van der Waals surface area contributed by atoms with Crippen molar-refractivity contribution in [3.05, 3.63) is 71.5 Å². The van der Waals surface area contributed by atoms with Crippen LogP contribution in [0.1, 0.15) is 47.8 Å². The van der Waals surface area contributed by atoms with Gasteiger partial charge in [-0.3, -0.25) is 9.20 Å². The molecule has 0 radical (unpaired) electrons. The van der Waals surface area contributed by atoms with E-state index in [0.29, 0.717) is 6.42 Å². The van der Waals surface area contributed by atoms with E-state index in [1.54, 1.807) is 7.11 Å². The molecule has 0 aliphatic carbocycles. The van der Waals surface area contributed by atoms with Gasteiger partial charge in [-0.1, -0.05) is 36.8 Å². The summed E-state index contributed by atoms with van der Waals surface area (Å²) >= 11 is 0. The van der Waals surface area contributed by atoms with Gasteiger partial charge < -0.3 is 9.30 Å². The minimum atomic E-state index is 0.191. The molecule has 5 rings (SSSR count). The molecule has 4 heteroatoms. The van der Waals surface area contributed by atoms with E-state index in [0.717, 1.165) is 59.6 Å². The van der Waals surface area contributed by atoms with E-state index in [1.165, 1.54) is 16.8 Å². The van der Waals surface area contributed by atoms with Gasteiger partial charge in [0.2, 0.25) is 0 Å². The number of carbonyl (C=O) groups is 1. The first-order valence-electron chi connectivity index (χ1n) is 11.1. The smallest absolute Gasteiger partial charge is 0.179 e. The summed E-state index contributed by atoms with van der Waals surface area (Å²) in [6.45, 7) is 5.01. The van der Waals surface area contributed by atoms with Gasteiger partial charge in [0, 0.05) is 30.3 Å². The summed E-state index contributed by atoms with van der Waals surface area (Å²) in [6.07, 6.45) is 5.91. The molecule has 4 nitrogen and oxygen atoms in total. The first-order valence-corrected chi connectivity index (χ1v) is 11.1. The second-order valence-electron chi connectivity index (χ2n) is 8.39. The Hall–Kier alpha value is -3.27. The molecule has 0 atom stereocenters. The maximum absolute atomic E-state index is 13.2. The quantitative estimate of drug-likeness (QED) is 0.360. The van der Waals surface area contributed by atoms with Crippen molar-refractivity contribution in [2.45, 2.75) is 46.1 Å². The van der Waals surface area contributed by atoms with E-state index >= 15 is 0 Å². The third-order valence-corrected chi connectivity index (χ3v) is 6.45. The van der Waals surface area contributed by atoms with E-state index in [2.05, 4.69) is 58.5 Å². The number of Topliss-reactive ketones (excluding diaryl/α,β-unsaturated/α-hetero) is 1. The molecule has 0 spiro atoms. The standard InChI is InChI=1S/C27H28N2O2/c1-4-24(30)26-25(20-10-8-18(2)9-11-20)22-7-5-6-16-28-23(17-29(26)27(22)28)19-12-14-21(31-3)15-13-19/h8-15,17H,4-7,16H2,1-3H3. The molecule has 1 aliphatic rings. The van der Waals surface area contributed by atoms with E-state index in [9.17, 15) is 4.79 Å². The molecule has 4 aromatic rings. The molecule has 0 saturated heterocycles. The van der Waals surface area contributed by atoms with Crippen molar-refractivity contribution in [1.29, 1.82) is 0 Å². The number of rotatable bonds is 5. The number of nitrogens with zero attached hydrogens (tertiary/aromatic N) is 2. The molecule has 0 amide bonds.